The zero-order chi connectivity index (χ0) is 8.10. The van der Waals surface area contributed by atoms with E-state index >= 15 is 0 Å². The summed E-state index contributed by atoms with van der Waals surface area (Å²) in [6.07, 6.45) is 5.20. The van der Waals surface area contributed by atoms with Crippen molar-refractivity contribution in [2.75, 3.05) is 5.88 Å². The molecule has 0 aliphatic rings. The predicted octanol–water partition coefficient (Wildman–Crippen LogP) is 3.70. The Bertz CT molecular complexity index is 237. The summed E-state index contributed by atoms with van der Waals surface area (Å²) in [6, 6.07) is 2.13. The molecule has 2 heteroatoms. The van der Waals surface area contributed by atoms with Gasteiger partial charge >= 0.3 is 0 Å². The van der Waals surface area contributed by atoms with Crippen LogP contribution in [0.1, 0.15) is 16.9 Å². The molecule has 1 aromatic heterocycles. The molecule has 0 aromatic carbocycles. The summed E-state index contributed by atoms with van der Waals surface area (Å²) in [4.78, 5) is 1.37. The van der Waals surface area contributed by atoms with Gasteiger partial charge < -0.3 is 0 Å². The Morgan fingerprint density at radius 1 is 1.64 bits per heavy atom. The largest absolute Gasteiger partial charge is 0.149 e. The fraction of sp³-hybridized carbons (Fsp3) is 0.333. The van der Waals surface area contributed by atoms with Crippen molar-refractivity contribution in [1.82, 2.24) is 0 Å². The molecule has 0 fully saturated rings. The summed E-state index contributed by atoms with van der Waals surface area (Å²) < 4.78 is 0. The first-order valence-electron chi connectivity index (χ1n) is 3.61. The lowest BCUT2D eigenvalue weighted by Gasteiger charge is -1.87. The monoisotopic (exact) mass is 186 g/mol. The van der Waals surface area contributed by atoms with Crippen LogP contribution in [-0.2, 0) is 0 Å². The van der Waals surface area contributed by atoms with Crippen molar-refractivity contribution in [2.24, 2.45) is 0 Å². The summed E-state index contributed by atoms with van der Waals surface area (Å²) >= 11 is 7.31. The third-order valence-corrected chi connectivity index (χ3v) is 2.55. The molecule has 0 unspecified atom stereocenters. The third-order valence-electron chi connectivity index (χ3n) is 1.47. The molecular formula is C9H11ClS. The van der Waals surface area contributed by atoms with E-state index < -0.39 is 0 Å². The van der Waals surface area contributed by atoms with Crippen LogP contribution in [0.4, 0.5) is 0 Å². The maximum Gasteiger partial charge on any atom is 0.0258 e. The quantitative estimate of drug-likeness (QED) is 0.632. The van der Waals surface area contributed by atoms with E-state index in [4.69, 9.17) is 11.6 Å². The second-order valence-electron chi connectivity index (χ2n) is 2.31. The minimum atomic E-state index is 0.708. The smallest absolute Gasteiger partial charge is 0.0258 e. The Hall–Kier alpha value is -0.270. The molecule has 0 aliphatic carbocycles. The number of hydrogen-bond donors (Lipinski definition) is 0. The lowest BCUT2D eigenvalue weighted by atomic mass is 10.2. The number of halogens is 1. The molecular weight excluding hydrogens is 176 g/mol. The van der Waals surface area contributed by atoms with Crippen LogP contribution in [0.5, 0.6) is 0 Å². The summed E-state index contributed by atoms with van der Waals surface area (Å²) in [5.74, 6) is 0.708. The Labute approximate surface area is 76.5 Å². The van der Waals surface area contributed by atoms with Gasteiger partial charge in [-0.3, -0.25) is 0 Å². The lowest BCUT2D eigenvalue weighted by Crippen LogP contribution is -1.69. The van der Waals surface area contributed by atoms with Gasteiger partial charge in [0, 0.05) is 10.8 Å². The molecule has 0 saturated heterocycles. The van der Waals surface area contributed by atoms with Crippen molar-refractivity contribution in [2.45, 2.75) is 13.3 Å². The number of allylic oxidation sites excluding steroid dienone is 1. The number of thiophene rings is 1. The SMILES string of the molecule is Cc1sccc1/C=C/CCCl. The molecule has 1 aromatic rings. The normalized spacial score (nSPS) is 11.1. The standard InChI is InChI=1S/C9H11ClS/c1-8-9(5-7-11-8)4-2-3-6-10/h2,4-5,7H,3,6H2,1H3/b4-2+. The van der Waals surface area contributed by atoms with E-state index in [-0.39, 0.29) is 0 Å². The van der Waals surface area contributed by atoms with E-state index in [0.29, 0.717) is 5.88 Å². The molecule has 0 saturated carbocycles. The van der Waals surface area contributed by atoms with E-state index in [1.54, 1.807) is 11.3 Å². The van der Waals surface area contributed by atoms with Crippen molar-refractivity contribution in [3.8, 4) is 0 Å². The predicted molar refractivity (Wildman–Crippen MR) is 53.4 cm³/mol. The summed E-state index contributed by atoms with van der Waals surface area (Å²) in [6.45, 7) is 2.13. The van der Waals surface area contributed by atoms with E-state index in [1.807, 2.05) is 0 Å². The van der Waals surface area contributed by atoms with E-state index in [1.165, 1.54) is 10.4 Å². The van der Waals surface area contributed by atoms with Crippen molar-refractivity contribution >= 4 is 29.0 Å². The average Bonchev–Trinajstić information content (AvgIpc) is 2.37. The molecule has 60 valence electrons. The molecule has 0 N–H and O–H groups in total. The van der Waals surface area contributed by atoms with Crippen LogP contribution in [0.15, 0.2) is 17.5 Å². The molecule has 1 rings (SSSR count). The van der Waals surface area contributed by atoms with Gasteiger partial charge in [-0.1, -0.05) is 12.2 Å². The maximum atomic E-state index is 5.53. The van der Waals surface area contributed by atoms with Crippen molar-refractivity contribution in [3.63, 3.8) is 0 Å². The fourth-order valence-corrected chi connectivity index (χ4v) is 1.66. The first-order chi connectivity index (χ1) is 5.34. The van der Waals surface area contributed by atoms with Crippen molar-refractivity contribution in [1.29, 1.82) is 0 Å². The molecule has 11 heavy (non-hydrogen) atoms. The third kappa shape index (κ3) is 2.68. The highest BCUT2D eigenvalue weighted by Crippen LogP contribution is 2.16. The van der Waals surface area contributed by atoms with Gasteiger partial charge in [-0.25, -0.2) is 0 Å². The topological polar surface area (TPSA) is 0 Å². The fourth-order valence-electron chi connectivity index (χ4n) is 0.841. The van der Waals surface area contributed by atoms with E-state index in [2.05, 4.69) is 30.5 Å². The highest BCUT2D eigenvalue weighted by Gasteiger charge is 1.92. The van der Waals surface area contributed by atoms with E-state index in [0.717, 1.165) is 6.42 Å². The van der Waals surface area contributed by atoms with Crippen LogP contribution < -0.4 is 0 Å². The molecule has 0 amide bonds. The molecule has 0 nitrogen and oxygen atoms in total. The second-order valence-corrected chi connectivity index (χ2v) is 3.81. The number of alkyl halides is 1. The van der Waals surface area contributed by atoms with Gasteiger partial charge in [0.2, 0.25) is 0 Å². The van der Waals surface area contributed by atoms with Crippen LogP contribution in [-0.4, -0.2) is 5.88 Å². The number of hydrogen-bond acceptors (Lipinski definition) is 1. The molecule has 0 bridgehead atoms. The lowest BCUT2D eigenvalue weighted by molar-refractivity contribution is 1.24. The highest BCUT2D eigenvalue weighted by molar-refractivity contribution is 7.10. The van der Waals surface area contributed by atoms with Crippen LogP contribution >= 0.6 is 22.9 Å². The van der Waals surface area contributed by atoms with Crippen molar-refractivity contribution < 1.29 is 0 Å². The Morgan fingerprint density at radius 3 is 3.00 bits per heavy atom. The first kappa shape index (κ1) is 8.82. The minimum absolute atomic E-state index is 0.708. The zero-order valence-corrected chi connectivity index (χ0v) is 8.08. The van der Waals surface area contributed by atoms with Crippen LogP contribution in [0.3, 0.4) is 0 Å². The van der Waals surface area contributed by atoms with Crippen molar-refractivity contribution in [3.05, 3.63) is 28.0 Å². The maximum absolute atomic E-state index is 5.53. The zero-order valence-electron chi connectivity index (χ0n) is 6.51. The Balaban J connectivity index is 2.56. The molecule has 1 heterocycles. The van der Waals surface area contributed by atoms with Gasteiger partial charge in [-0.15, -0.1) is 22.9 Å². The molecule has 0 atom stereocenters. The first-order valence-corrected chi connectivity index (χ1v) is 5.02. The summed E-state index contributed by atoms with van der Waals surface area (Å²) in [5, 5.41) is 2.11. The highest BCUT2D eigenvalue weighted by atomic mass is 35.5. The van der Waals surface area contributed by atoms with Gasteiger partial charge in [0.1, 0.15) is 0 Å². The van der Waals surface area contributed by atoms with Crippen LogP contribution in [0, 0.1) is 6.92 Å². The van der Waals surface area contributed by atoms with Gasteiger partial charge in [0.15, 0.2) is 0 Å². The number of rotatable bonds is 3. The van der Waals surface area contributed by atoms with Gasteiger partial charge in [-0.05, 0) is 30.4 Å². The van der Waals surface area contributed by atoms with Crippen LogP contribution in [0.2, 0.25) is 0 Å². The number of aryl methyl sites for hydroxylation is 1. The Kier molecular flexibility index (Phi) is 3.67. The molecule has 0 radical (unpaired) electrons. The second kappa shape index (κ2) is 4.58. The van der Waals surface area contributed by atoms with Crippen LogP contribution in [0.25, 0.3) is 6.08 Å². The Morgan fingerprint density at radius 2 is 2.45 bits per heavy atom. The van der Waals surface area contributed by atoms with Gasteiger partial charge in [0.05, 0.1) is 0 Å². The summed E-state index contributed by atoms with van der Waals surface area (Å²) in [5.41, 5.74) is 1.32. The molecule has 0 spiro atoms. The van der Waals surface area contributed by atoms with Gasteiger partial charge in [-0.2, -0.15) is 0 Å². The average molecular weight is 187 g/mol. The summed E-state index contributed by atoms with van der Waals surface area (Å²) in [7, 11) is 0. The minimum Gasteiger partial charge on any atom is -0.149 e. The van der Waals surface area contributed by atoms with E-state index in [9.17, 15) is 0 Å². The van der Waals surface area contributed by atoms with Gasteiger partial charge in [0.25, 0.3) is 0 Å². The molecule has 0 aliphatic heterocycles.